The lowest BCUT2D eigenvalue weighted by molar-refractivity contribution is -0.123. The van der Waals surface area contributed by atoms with Crippen molar-refractivity contribution in [1.29, 1.82) is 0 Å². The first-order valence-corrected chi connectivity index (χ1v) is 4.15. The zero-order valence-electron chi connectivity index (χ0n) is 7.74. The van der Waals surface area contributed by atoms with Crippen molar-refractivity contribution in [2.24, 2.45) is 0 Å². The van der Waals surface area contributed by atoms with Crippen molar-refractivity contribution in [1.82, 2.24) is 0 Å². The fraction of sp³-hybridized carbons (Fsp3) is 0.300. The Labute approximate surface area is 77.4 Å². The van der Waals surface area contributed by atoms with Gasteiger partial charge in [0.25, 0.3) is 5.91 Å². The molecule has 1 amide bonds. The molecule has 0 spiro atoms. The molecule has 0 radical (unpaired) electrons. The van der Waals surface area contributed by atoms with Gasteiger partial charge in [0.1, 0.15) is 6.10 Å². The molecule has 0 heterocycles. The van der Waals surface area contributed by atoms with E-state index in [0.717, 1.165) is 5.56 Å². The number of aliphatic hydroxyl groups excluding tert-OH is 1. The van der Waals surface area contributed by atoms with Crippen molar-refractivity contribution >= 4 is 11.6 Å². The van der Waals surface area contributed by atoms with Gasteiger partial charge >= 0.3 is 0 Å². The second-order valence-electron chi connectivity index (χ2n) is 3.03. The molecule has 3 nitrogen and oxygen atoms in total. The van der Waals surface area contributed by atoms with Crippen LogP contribution >= 0.6 is 0 Å². The predicted molar refractivity (Wildman–Crippen MR) is 51.5 cm³/mol. The van der Waals surface area contributed by atoms with Gasteiger partial charge in [0.2, 0.25) is 0 Å². The molecule has 13 heavy (non-hydrogen) atoms. The molecule has 1 rings (SSSR count). The number of aliphatic hydroxyl groups is 1. The van der Waals surface area contributed by atoms with Crippen LogP contribution < -0.4 is 5.32 Å². The summed E-state index contributed by atoms with van der Waals surface area (Å²) in [5.74, 6) is -0.385. The molecule has 0 aliphatic heterocycles. The number of carbonyl (C=O) groups excluding carboxylic acids is 1. The molecule has 0 fully saturated rings. The summed E-state index contributed by atoms with van der Waals surface area (Å²) in [6.07, 6.45) is -0.971. The normalized spacial score (nSPS) is 12.2. The quantitative estimate of drug-likeness (QED) is 0.719. The fourth-order valence-electron chi connectivity index (χ4n) is 0.884. The van der Waals surface area contributed by atoms with Crippen molar-refractivity contribution in [2.75, 3.05) is 5.32 Å². The summed E-state index contributed by atoms with van der Waals surface area (Å²) < 4.78 is 0. The van der Waals surface area contributed by atoms with Crippen LogP contribution in [0.1, 0.15) is 12.5 Å². The number of rotatable bonds is 2. The Kier molecular flexibility index (Phi) is 3.03. The van der Waals surface area contributed by atoms with Gasteiger partial charge in [-0.15, -0.1) is 0 Å². The van der Waals surface area contributed by atoms with Crippen LogP contribution in [0.2, 0.25) is 0 Å². The van der Waals surface area contributed by atoms with E-state index in [1.165, 1.54) is 6.92 Å². The molecule has 0 aromatic heterocycles. The summed E-state index contributed by atoms with van der Waals surface area (Å²) in [5, 5.41) is 11.5. The number of nitrogens with one attached hydrogen (secondary N) is 1. The molecule has 0 unspecified atom stereocenters. The second kappa shape index (κ2) is 4.05. The molecule has 0 saturated carbocycles. The molecule has 0 aliphatic rings. The third-order valence-corrected chi connectivity index (χ3v) is 1.70. The zero-order valence-corrected chi connectivity index (χ0v) is 7.74. The van der Waals surface area contributed by atoms with E-state index in [2.05, 4.69) is 5.32 Å². The van der Waals surface area contributed by atoms with Crippen LogP contribution in [0.3, 0.4) is 0 Å². The number of amides is 1. The minimum absolute atomic E-state index is 0.385. The van der Waals surface area contributed by atoms with Gasteiger partial charge in [-0.1, -0.05) is 17.7 Å². The Bertz CT molecular complexity index is 290. The molecular formula is C10H13NO2. The molecule has 1 aromatic rings. The summed E-state index contributed by atoms with van der Waals surface area (Å²) in [6, 6.07) is 7.40. The van der Waals surface area contributed by atoms with Crippen LogP contribution in [0.15, 0.2) is 24.3 Å². The van der Waals surface area contributed by atoms with Gasteiger partial charge in [0.15, 0.2) is 0 Å². The van der Waals surface area contributed by atoms with Crippen LogP contribution in [0.4, 0.5) is 5.69 Å². The number of aryl methyl sites for hydroxylation is 1. The second-order valence-corrected chi connectivity index (χ2v) is 3.03. The Hall–Kier alpha value is -1.35. The van der Waals surface area contributed by atoms with Crippen LogP contribution in [-0.2, 0) is 4.79 Å². The summed E-state index contributed by atoms with van der Waals surface area (Å²) in [4.78, 5) is 11.0. The van der Waals surface area contributed by atoms with Crippen molar-refractivity contribution in [3.05, 3.63) is 29.8 Å². The third kappa shape index (κ3) is 2.87. The highest BCUT2D eigenvalue weighted by Crippen LogP contribution is 2.08. The minimum Gasteiger partial charge on any atom is -0.384 e. The molecular weight excluding hydrogens is 166 g/mol. The van der Waals surface area contributed by atoms with Crippen molar-refractivity contribution in [2.45, 2.75) is 20.0 Å². The Morgan fingerprint density at radius 1 is 1.38 bits per heavy atom. The lowest BCUT2D eigenvalue weighted by Crippen LogP contribution is -2.24. The molecule has 0 saturated heterocycles. The Morgan fingerprint density at radius 2 is 1.92 bits per heavy atom. The molecule has 3 heteroatoms. The van der Waals surface area contributed by atoms with Gasteiger partial charge in [-0.25, -0.2) is 0 Å². The van der Waals surface area contributed by atoms with E-state index >= 15 is 0 Å². The highest BCUT2D eigenvalue weighted by molar-refractivity contribution is 5.93. The summed E-state index contributed by atoms with van der Waals surface area (Å²) in [5.41, 5.74) is 1.84. The van der Waals surface area contributed by atoms with Gasteiger partial charge < -0.3 is 10.4 Å². The number of carbonyl (C=O) groups is 1. The van der Waals surface area contributed by atoms with Gasteiger partial charge in [0.05, 0.1) is 0 Å². The number of benzene rings is 1. The van der Waals surface area contributed by atoms with Crippen LogP contribution in [0.5, 0.6) is 0 Å². The maximum atomic E-state index is 11.0. The Morgan fingerprint density at radius 3 is 2.38 bits per heavy atom. The lowest BCUT2D eigenvalue weighted by Gasteiger charge is -2.06. The number of anilines is 1. The predicted octanol–water partition coefficient (Wildman–Crippen LogP) is 1.31. The topological polar surface area (TPSA) is 49.3 Å². The molecule has 0 aliphatic carbocycles. The average molecular weight is 179 g/mol. The fourth-order valence-corrected chi connectivity index (χ4v) is 0.884. The highest BCUT2D eigenvalue weighted by Gasteiger charge is 2.07. The van der Waals surface area contributed by atoms with Gasteiger partial charge in [0, 0.05) is 5.69 Å². The van der Waals surface area contributed by atoms with E-state index in [1.807, 2.05) is 19.1 Å². The molecule has 70 valence electrons. The van der Waals surface area contributed by atoms with E-state index in [1.54, 1.807) is 12.1 Å². The van der Waals surface area contributed by atoms with E-state index in [9.17, 15) is 4.79 Å². The van der Waals surface area contributed by atoms with E-state index < -0.39 is 6.10 Å². The number of hydrogen-bond acceptors (Lipinski definition) is 2. The van der Waals surface area contributed by atoms with Crippen LogP contribution in [0.25, 0.3) is 0 Å². The maximum Gasteiger partial charge on any atom is 0.252 e. The van der Waals surface area contributed by atoms with E-state index in [4.69, 9.17) is 5.11 Å². The van der Waals surface area contributed by atoms with Crippen molar-refractivity contribution < 1.29 is 9.90 Å². The lowest BCUT2D eigenvalue weighted by atomic mass is 10.2. The van der Waals surface area contributed by atoms with Gasteiger partial charge in [-0.3, -0.25) is 4.79 Å². The van der Waals surface area contributed by atoms with Crippen LogP contribution in [-0.4, -0.2) is 17.1 Å². The molecule has 0 bridgehead atoms. The summed E-state index contributed by atoms with van der Waals surface area (Å²) >= 11 is 0. The van der Waals surface area contributed by atoms with Gasteiger partial charge in [-0.2, -0.15) is 0 Å². The van der Waals surface area contributed by atoms with Crippen molar-refractivity contribution in [3.8, 4) is 0 Å². The largest absolute Gasteiger partial charge is 0.384 e. The Balaban J connectivity index is 2.65. The standard InChI is InChI=1S/C10H13NO2/c1-7-3-5-9(6-4-7)11-10(13)8(2)12/h3-6,8,12H,1-2H3,(H,11,13)/t8-/m0/s1. The zero-order chi connectivity index (χ0) is 9.84. The maximum absolute atomic E-state index is 11.0. The first-order valence-electron chi connectivity index (χ1n) is 4.15. The highest BCUT2D eigenvalue weighted by atomic mass is 16.3. The first kappa shape index (κ1) is 9.74. The van der Waals surface area contributed by atoms with E-state index in [0.29, 0.717) is 5.69 Å². The molecule has 1 aromatic carbocycles. The van der Waals surface area contributed by atoms with Crippen molar-refractivity contribution in [3.63, 3.8) is 0 Å². The summed E-state index contributed by atoms with van der Waals surface area (Å²) in [6.45, 7) is 3.41. The third-order valence-electron chi connectivity index (χ3n) is 1.70. The first-order chi connectivity index (χ1) is 6.09. The van der Waals surface area contributed by atoms with Crippen LogP contribution in [0, 0.1) is 6.92 Å². The molecule has 1 atom stereocenters. The van der Waals surface area contributed by atoms with E-state index in [-0.39, 0.29) is 5.91 Å². The van der Waals surface area contributed by atoms with Gasteiger partial charge in [-0.05, 0) is 26.0 Å². The average Bonchev–Trinajstić information content (AvgIpc) is 2.08. The molecule has 2 N–H and O–H groups in total. The minimum atomic E-state index is -0.971. The smallest absolute Gasteiger partial charge is 0.252 e. The monoisotopic (exact) mass is 179 g/mol. The SMILES string of the molecule is Cc1ccc(NC(=O)[C@H](C)O)cc1. The number of hydrogen-bond donors (Lipinski definition) is 2. The summed E-state index contributed by atoms with van der Waals surface area (Å²) in [7, 11) is 0.